The minimum absolute atomic E-state index is 0.204. The summed E-state index contributed by atoms with van der Waals surface area (Å²) < 4.78 is 0. The molecule has 0 aliphatic rings. The van der Waals surface area contributed by atoms with Gasteiger partial charge in [0.25, 0.3) is 0 Å². The zero-order chi connectivity index (χ0) is 11.3. The van der Waals surface area contributed by atoms with Crippen LogP contribution in [0.3, 0.4) is 0 Å². The van der Waals surface area contributed by atoms with Crippen LogP contribution in [0.2, 0.25) is 0 Å². The van der Waals surface area contributed by atoms with Crippen LogP contribution in [0.5, 0.6) is 0 Å². The highest BCUT2D eigenvalue weighted by molar-refractivity contribution is 5.50. The number of aliphatic hydroxyl groups is 1. The molecule has 0 aromatic carbocycles. The van der Waals surface area contributed by atoms with Gasteiger partial charge >= 0.3 is 0 Å². The first-order valence-corrected chi connectivity index (χ1v) is 4.90. The largest absolute Gasteiger partial charge is 0.391 e. The molecule has 15 heavy (non-hydrogen) atoms. The van der Waals surface area contributed by atoms with Gasteiger partial charge in [0.05, 0.1) is 6.10 Å². The molecule has 0 amide bonds. The van der Waals surface area contributed by atoms with E-state index in [1.54, 1.807) is 13.1 Å². The summed E-state index contributed by atoms with van der Waals surface area (Å²) in [6.07, 6.45) is 0.325. The zero-order valence-electron chi connectivity index (χ0n) is 8.99. The maximum absolute atomic E-state index is 9.36. The maximum atomic E-state index is 9.36. The maximum Gasteiger partial charge on any atom is 0.223 e. The summed E-state index contributed by atoms with van der Waals surface area (Å²) in [7, 11) is 1.76. The van der Waals surface area contributed by atoms with Crippen molar-refractivity contribution in [3.8, 4) is 0 Å². The highest BCUT2D eigenvalue weighted by Crippen LogP contribution is 2.11. The Morgan fingerprint density at radius 2 is 2.13 bits per heavy atom. The SMILES string of the molecule is CCC(O)CNc1cc(NC)nc(N)n1. The Bertz CT molecular complexity index is 317. The molecule has 0 aliphatic heterocycles. The smallest absolute Gasteiger partial charge is 0.223 e. The van der Waals surface area contributed by atoms with E-state index in [0.717, 1.165) is 0 Å². The fourth-order valence-electron chi connectivity index (χ4n) is 1.05. The van der Waals surface area contributed by atoms with Crippen LogP contribution in [0.15, 0.2) is 6.07 Å². The molecule has 0 saturated carbocycles. The zero-order valence-corrected chi connectivity index (χ0v) is 8.99. The molecule has 0 saturated heterocycles. The van der Waals surface area contributed by atoms with E-state index >= 15 is 0 Å². The molecule has 5 N–H and O–H groups in total. The van der Waals surface area contributed by atoms with Gasteiger partial charge in [-0.2, -0.15) is 9.97 Å². The molecule has 0 fully saturated rings. The molecular formula is C9H17N5O. The number of aromatic nitrogens is 2. The summed E-state index contributed by atoms with van der Waals surface area (Å²) in [6, 6.07) is 1.73. The Morgan fingerprint density at radius 3 is 2.73 bits per heavy atom. The number of hydrogen-bond donors (Lipinski definition) is 4. The summed E-state index contributed by atoms with van der Waals surface area (Å²) >= 11 is 0. The Morgan fingerprint density at radius 1 is 1.47 bits per heavy atom. The summed E-state index contributed by atoms with van der Waals surface area (Å²) in [6.45, 7) is 2.37. The molecule has 6 heteroatoms. The van der Waals surface area contributed by atoms with Crippen LogP contribution in [0.1, 0.15) is 13.3 Å². The molecule has 1 unspecified atom stereocenters. The van der Waals surface area contributed by atoms with Crippen molar-refractivity contribution in [2.45, 2.75) is 19.4 Å². The van der Waals surface area contributed by atoms with Crippen LogP contribution in [-0.2, 0) is 0 Å². The first-order valence-electron chi connectivity index (χ1n) is 4.90. The number of nitrogens with zero attached hydrogens (tertiary/aromatic N) is 2. The first kappa shape index (κ1) is 11.5. The predicted molar refractivity (Wildman–Crippen MR) is 60.8 cm³/mol. The molecule has 0 bridgehead atoms. The molecule has 1 atom stereocenters. The number of nitrogens with two attached hydrogens (primary N) is 1. The van der Waals surface area contributed by atoms with Gasteiger partial charge in [-0.1, -0.05) is 6.92 Å². The Kier molecular flexibility index (Phi) is 4.11. The average Bonchev–Trinajstić information content (AvgIpc) is 2.25. The fourth-order valence-corrected chi connectivity index (χ4v) is 1.05. The number of nitrogens with one attached hydrogen (secondary N) is 2. The predicted octanol–water partition coefficient (Wildman–Crippen LogP) is 0.283. The van der Waals surface area contributed by atoms with Gasteiger partial charge in [-0.05, 0) is 6.42 Å². The molecule has 0 aliphatic carbocycles. The van der Waals surface area contributed by atoms with Crippen LogP contribution in [0.4, 0.5) is 17.6 Å². The lowest BCUT2D eigenvalue weighted by atomic mass is 10.3. The van der Waals surface area contributed by atoms with Crippen molar-refractivity contribution in [1.82, 2.24) is 9.97 Å². The molecular weight excluding hydrogens is 194 g/mol. The van der Waals surface area contributed by atoms with E-state index in [-0.39, 0.29) is 12.1 Å². The highest BCUT2D eigenvalue weighted by atomic mass is 16.3. The normalized spacial score (nSPS) is 12.2. The second-order valence-electron chi connectivity index (χ2n) is 3.19. The third-order valence-electron chi connectivity index (χ3n) is 1.99. The van der Waals surface area contributed by atoms with Crippen molar-refractivity contribution in [3.63, 3.8) is 0 Å². The van der Waals surface area contributed by atoms with Crippen molar-refractivity contribution in [1.29, 1.82) is 0 Å². The third-order valence-corrected chi connectivity index (χ3v) is 1.99. The molecule has 84 valence electrons. The van der Waals surface area contributed by atoms with Crippen molar-refractivity contribution in [2.75, 3.05) is 30.0 Å². The van der Waals surface area contributed by atoms with Crippen molar-refractivity contribution in [3.05, 3.63) is 6.07 Å². The molecule has 1 aromatic rings. The van der Waals surface area contributed by atoms with E-state index < -0.39 is 0 Å². The lowest BCUT2D eigenvalue weighted by Gasteiger charge is -2.11. The van der Waals surface area contributed by atoms with Gasteiger partial charge in [0.15, 0.2) is 0 Å². The van der Waals surface area contributed by atoms with Gasteiger partial charge in [-0.25, -0.2) is 0 Å². The van der Waals surface area contributed by atoms with Crippen LogP contribution in [0, 0.1) is 0 Å². The standard InChI is InChI=1S/C9H17N5O/c1-3-6(15)5-12-8-4-7(11-2)13-9(10)14-8/h4,6,15H,3,5H2,1-2H3,(H4,10,11,12,13,14). The molecule has 1 aromatic heterocycles. The van der Waals surface area contributed by atoms with E-state index in [9.17, 15) is 5.11 Å². The second-order valence-corrected chi connectivity index (χ2v) is 3.19. The van der Waals surface area contributed by atoms with Gasteiger partial charge in [0.1, 0.15) is 11.6 Å². The first-order chi connectivity index (χ1) is 7.15. The summed E-state index contributed by atoms with van der Waals surface area (Å²) in [4.78, 5) is 7.95. The average molecular weight is 211 g/mol. The summed E-state index contributed by atoms with van der Waals surface area (Å²) in [5, 5.41) is 15.2. The summed E-state index contributed by atoms with van der Waals surface area (Å²) in [5.41, 5.74) is 5.51. The molecule has 1 rings (SSSR count). The van der Waals surface area contributed by atoms with Crippen LogP contribution in [0.25, 0.3) is 0 Å². The number of aliphatic hydroxyl groups excluding tert-OH is 1. The van der Waals surface area contributed by atoms with Gasteiger partial charge in [-0.3, -0.25) is 0 Å². The van der Waals surface area contributed by atoms with E-state index in [4.69, 9.17) is 5.73 Å². The highest BCUT2D eigenvalue weighted by Gasteiger charge is 2.03. The number of hydrogen-bond acceptors (Lipinski definition) is 6. The lowest BCUT2D eigenvalue weighted by Crippen LogP contribution is -2.19. The topological polar surface area (TPSA) is 96.1 Å². The monoisotopic (exact) mass is 211 g/mol. The van der Waals surface area contributed by atoms with Crippen molar-refractivity contribution in [2.24, 2.45) is 0 Å². The quantitative estimate of drug-likeness (QED) is 0.559. The van der Waals surface area contributed by atoms with E-state index in [0.29, 0.717) is 24.6 Å². The van der Waals surface area contributed by atoms with E-state index in [2.05, 4.69) is 20.6 Å². The molecule has 1 heterocycles. The molecule has 6 nitrogen and oxygen atoms in total. The van der Waals surface area contributed by atoms with Crippen molar-refractivity contribution < 1.29 is 5.11 Å². The number of nitrogen functional groups attached to an aromatic ring is 1. The van der Waals surface area contributed by atoms with Gasteiger partial charge < -0.3 is 21.5 Å². The van der Waals surface area contributed by atoms with E-state index in [1.807, 2.05) is 6.92 Å². The molecule has 0 radical (unpaired) electrons. The number of anilines is 3. The Hall–Kier alpha value is -1.56. The second kappa shape index (κ2) is 5.35. The Labute approximate surface area is 88.9 Å². The number of rotatable bonds is 5. The van der Waals surface area contributed by atoms with Gasteiger partial charge in [0.2, 0.25) is 5.95 Å². The fraction of sp³-hybridized carbons (Fsp3) is 0.556. The third kappa shape index (κ3) is 3.59. The van der Waals surface area contributed by atoms with Crippen molar-refractivity contribution >= 4 is 17.6 Å². The van der Waals surface area contributed by atoms with Gasteiger partial charge in [0, 0.05) is 19.7 Å². The van der Waals surface area contributed by atoms with Crippen LogP contribution < -0.4 is 16.4 Å². The molecule has 0 spiro atoms. The van der Waals surface area contributed by atoms with Crippen LogP contribution >= 0.6 is 0 Å². The summed E-state index contributed by atoms with van der Waals surface area (Å²) in [5.74, 6) is 1.46. The van der Waals surface area contributed by atoms with E-state index in [1.165, 1.54) is 0 Å². The lowest BCUT2D eigenvalue weighted by molar-refractivity contribution is 0.183. The van der Waals surface area contributed by atoms with Gasteiger partial charge in [-0.15, -0.1) is 0 Å². The Balaban J connectivity index is 2.64. The van der Waals surface area contributed by atoms with Crippen LogP contribution in [-0.4, -0.2) is 34.8 Å². The minimum atomic E-state index is -0.376. The minimum Gasteiger partial charge on any atom is -0.391 e.